The first-order valence-corrected chi connectivity index (χ1v) is 11.3. The van der Waals surface area contributed by atoms with Crippen molar-refractivity contribution < 1.29 is 14.3 Å². The summed E-state index contributed by atoms with van der Waals surface area (Å²) in [7, 11) is 0. The van der Waals surface area contributed by atoms with Crippen LogP contribution >= 0.6 is 0 Å². The van der Waals surface area contributed by atoms with E-state index in [1.165, 1.54) is 0 Å². The Morgan fingerprint density at radius 2 is 1.48 bits per heavy atom. The molecule has 0 saturated carbocycles. The van der Waals surface area contributed by atoms with E-state index in [-0.39, 0.29) is 30.0 Å². The quantitative estimate of drug-likeness (QED) is 0.478. The van der Waals surface area contributed by atoms with Crippen LogP contribution in [0.4, 0.5) is 4.79 Å². The van der Waals surface area contributed by atoms with Crippen molar-refractivity contribution in [2.45, 2.75) is 39.3 Å². The Morgan fingerprint density at radius 1 is 0.939 bits per heavy atom. The molecule has 1 aliphatic heterocycles. The highest BCUT2D eigenvalue weighted by Crippen LogP contribution is 2.41. The summed E-state index contributed by atoms with van der Waals surface area (Å²) in [5, 5.41) is 3.18. The lowest BCUT2D eigenvalue weighted by Crippen LogP contribution is -2.55. The van der Waals surface area contributed by atoms with E-state index in [1.807, 2.05) is 78.9 Å². The molecule has 5 nitrogen and oxygen atoms in total. The molecule has 0 aromatic heterocycles. The lowest BCUT2D eigenvalue weighted by Gasteiger charge is -2.45. The van der Waals surface area contributed by atoms with E-state index in [0.717, 1.165) is 11.1 Å². The van der Waals surface area contributed by atoms with Crippen LogP contribution in [0.2, 0.25) is 0 Å². The van der Waals surface area contributed by atoms with Crippen molar-refractivity contribution in [3.8, 4) is 0 Å². The van der Waals surface area contributed by atoms with Crippen molar-refractivity contribution in [3.63, 3.8) is 0 Å². The molecule has 170 valence electrons. The standard InChI is InChI=1S/C28H30N2O3/c1-28(2,3)25(22-15-9-5-10-16-22)30(26(31)23-17-11-6-12-18-23)29-24(20-33-27(29)32)19-21-13-7-4-8-14-21/h4-18,24-25H,19-20H2,1-3H3/t24-,25+/m0/s1. The van der Waals surface area contributed by atoms with Gasteiger partial charge in [0.25, 0.3) is 5.91 Å². The molecule has 3 aromatic carbocycles. The summed E-state index contributed by atoms with van der Waals surface area (Å²) in [6, 6.07) is 28.3. The van der Waals surface area contributed by atoms with Crippen LogP contribution in [-0.4, -0.2) is 34.7 Å². The van der Waals surface area contributed by atoms with Gasteiger partial charge in [-0.05, 0) is 35.1 Å². The minimum absolute atomic E-state index is 0.226. The molecule has 1 heterocycles. The smallest absolute Gasteiger partial charge is 0.429 e. The number of hydrogen-bond donors (Lipinski definition) is 0. The van der Waals surface area contributed by atoms with Gasteiger partial charge in [0.15, 0.2) is 0 Å². The summed E-state index contributed by atoms with van der Waals surface area (Å²) < 4.78 is 5.51. The molecular formula is C28H30N2O3. The number of hydrogen-bond acceptors (Lipinski definition) is 3. The molecule has 0 N–H and O–H groups in total. The highest BCUT2D eigenvalue weighted by Gasteiger charge is 2.46. The predicted octanol–water partition coefficient (Wildman–Crippen LogP) is 5.89. The van der Waals surface area contributed by atoms with E-state index >= 15 is 0 Å². The Balaban J connectivity index is 1.82. The van der Waals surface area contributed by atoms with Gasteiger partial charge in [0.1, 0.15) is 6.61 Å². The van der Waals surface area contributed by atoms with Crippen LogP contribution < -0.4 is 0 Å². The van der Waals surface area contributed by atoms with Gasteiger partial charge in [0, 0.05) is 5.56 Å². The monoisotopic (exact) mass is 442 g/mol. The molecule has 4 rings (SSSR count). The lowest BCUT2D eigenvalue weighted by atomic mass is 9.81. The summed E-state index contributed by atoms with van der Waals surface area (Å²) in [5.74, 6) is -0.226. The number of carbonyl (C=O) groups excluding carboxylic acids is 2. The molecule has 1 fully saturated rings. The third-order valence-corrected chi connectivity index (χ3v) is 5.89. The molecular weight excluding hydrogens is 412 g/mol. The molecule has 2 amide bonds. The fourth-order valence-corrected chi connectivity index (χ4v) is 4.44. The summed E-state index contributed by atoms with van der Waals surface area (Å²) in [4.78, 5) is 27.1. The molecule has 0 spiro atoms. The van der Waals surface area contributed by atoms with Crippen LogP contribution in [0.5, 0.6) is 0 Å². The van der Waals surface area contributed by atoms with Crippen molar-refractivity contribution in [3.05, 3.63) is 108 Å². The van der Waals surface area contributed by atoms with Gasteiger partial charge in [-0.1, -0.05) is 99.6 Å². The Morgan fingerprint density at radius 3 is 2.06 bits per heavy atom. The van der Waals surface area contributed by atoms with Gasteiger partial charge in [-0.25, -0.2) is 14.8 Å². The molecule has 3 aromatic rings. The van der Waals surface area contributed by atoms with Gasteiger partial charge in [0.2, 0.25) is 0 Å². The highest BCUT2D eigenvalue weighted by molar-refractivity contribution is 5.95. The Hall–Kier alpha value is -3.60. The first kappa shape index (κ1) is 22.6. The zero-order chi connectivity index (χ0) is 23.4. The number of hydrazine groups is 1. The Bertz CT molecular complexity index is 1080. The second-order valence-electron chi connectivity index (χ2n) is 9.46. The average Bonchev–Trinajstić information content (AvgIpc) is 3.17. The van der Waals surface area contributed by atoms with Crippen molar-refractivity contribution in [2.24, 2.45) is 5.41 Å². The lowest BCUT2D eigenvalue weighted by molar-refractivity contribution is -0.0488. The van der Waals surface area contributed by atoms with E-state index in [2.05, 4.69) is 20.8 Å². The molecule has 1 saturated heterocycles. The van der Waals surface area contributed by atoms with Crippen molar-refractivity contribution in [1.82, 2.24) is 10.0 Å². The van der Waals surface area contributed by atoms with Gasteiger partial charge < -0.3 is 4.74 Å². The minimum Gasteiger partial charge on any atom is -0.446 e. The number of carbonyl (C=O) groups is 2. The van der Waals surface area contributed by atoms with Gasteiger partial charge in [-0.2, -0.15) is 0 Å². The van der Waals surface area contributed by atoms with E-state index in [9.17, 15) is 9.59 Å². The van der Waals surface area contributed by atoms with E-state index < -0.39 is 6.09 Å². The third-order valence-electron chi connectivity index (χ3n) is 5.89. The SMILES string of the molecule is CC(C)(C)[C@@H](c1ccccc1)N(C(=O)c1ccccc1)N1C(=O)OC[C@@H]1Cc1ccccc1. The molecule has 5 heteroatoms. The first-order chi connectivity index (χ1) is 15.9. The summed E-state index contributed by atoms with van der Waals surface area (Å²) >= 11 is 0. The average molecular weight is 443 g/mol. The van der Waals surface area contributed by atoms with Crippen LogP contribution in [0, 0.1) is 5.41 Å². The molecule has 2 atom stereocenters. The summed E-state index contributed by atoms with van der Waals surface area (Å²) in [6.07, 6.45) is 0.0990. The number of rotatable bonds is 6. The number of cyclic esters (lactones) is 1. The number of amides is 2. The van der Waals surface area contributed by atoms with Crippen molar-refractivity contribution in [1.29, 1.82) is 0 Å². The maximum atomic E-state index is 14.0. The van der Waals surface area contributed by atoms with E-state index in [1.54, 1.807) is 22.2 Å². The van der Waals surface area contributed by atoms with Crippen molar-refractivity contribution >= 4 is 12.0 Å². The zero-order valence-electron chi connectivity index (χ0n) is 19.3. The van der Waals surface area contributed by atoms with Crippen LogP contribution in [0.3, 0.4) is 0 Å². The van der Waals surface area contributed by atoms with Gasteiger partial charge in [-0.15, -0.1) is 0 Å². The topological polar surface area (TPSA) is 49.9 Å². The molecule has 0 unspecified atom stereocenters. The minimum atomic E-state index is -0.495. The van der Waals surface area contributed by atoms with Crippen LogP contribution in [0.25, 0.3) is 0 Å². The Kier molecular flexibility index (Phi) is 6.50. The maximum Gasteiger partial charge on any atom is 0.429 e. The maximum absolute atomic E-state index is 14.0. The van der Waals surface area contributed by atoms with Crippen LogP contribution in [-0.2, 0) is 11.2 Å². The van der Waals surface area contributed by atoms with Gasteiger partial charge in [-0.3, -0.25) is 4.79 Å². The van der Waals surface area contributed by atoms with E-state index in [4.69, 9.17) is 4.74 Å². The second kappa shape index (κ2) is 9.49. The molecule has 33 heavy (non-hydrogen) atoms. The van der Waals surface area contributed by atoms with Gasteiger partial charge >= 0.3 is 6.09 Å². The molecule has 0 bridgehead atoms. The van der Waals surface area contributed by atoms with Gasteiger partial charge in [0.05, 0.1) is 12.1 Å². The second-order valence-corrected chi connectivity index (χ2v) is 9.46. The van der Waals surface area contributed by atoms with Crippen LogP contribution in [0.1, 0.15) is 48.3 Å². The normalized spacial score (nSPS) is 16.9. The highest BCUT2D eigenvalue weighted by atomic mass is 16.6. The summed E-state index contributed by atoms with van der Waals surface area (Å²) in [6.45, 7) is 6.49. The molecule has 0 radical (unpaired) electrons. The fourth-order valence-electron chi connectivity index (χ4n) is 4.44. The first-order valence-electron chi connectivity index (χ1n) is 11.3. The summed E-state index contributed by atoms with van der Waals surface area (Å²) in [5.41, 5.74) is 2.23. The molecule has 0 aliphatic carbocycles. The number of nitrogens with zero attached hydrogens (tertiary/aromatic N) is 2. The zero-order valence-corrected chi connectivity index (χ0v) is 19.3. The van der Waals surface area contributed by atoms with Crippen LogP contribution in [0.15, 0.2) is 91.0 Å². The predicted molar refractivity (Wildman–Crippen MR) is 128 cm³/mol. The fraction of sp³-hybridized carbons (Fsp3) is 0.286. The van der Waals surface area contributed by atoms with E-state index in [0.29, 0.717) is 12.0 Å². The number of ether oxygens (including phenoxy) is 1. The third kappa shape index (κ3) is 4.92. The largest absolute Gasteiger partial charge is 0.446 e. The van der Waals surface area contributed by atoms with Crippen molar-refractivity contribution in [2.75, 3.05) is 6.61 Å². The molecule has 1 aliphatic rings. The number of benzene rings is 3. The Labute approximate surface area is 195 Å².